The van der Waals surface area contributed by atoms with Crippen molar-refractivity contribution in [2.75, 3.05) is 5.88 Å². The molecule has 0 heterocycles. The summed E-state index contributed by atoms with van der Waals surface area (Å²) in [6.45, 7) is 0. The van der Waals surface area contributed by atoms with Crippen molar-refractivity contribution in [3.8, 4) is 0 Å². The molecule has 41 valence electrons. The Morgan fingerprint density at radius 1 is 1.83 bits per heavy atom. The van der Waals surface area contributed by atoms with Crippen LogP contribution in [0.3, 0.4) is 0 Å². The molecular formula is C2H3AgClO2. The minimum Gasteiger partial charge on any atom is -0.480 e. The van der Waals surface area contributed by atoms with Crippen LogP contribution in [0, 0.1) is 0 Å². The second-order valence-corrected chi connectivity index (χ2v) is 0.795. The van der Waals surface area contributed by atoms with Crippen LogP contribution in [-0.2, 0) is 27.2 Å². The molecule has 0 unspecified atom stereocenters. The van der Waals surface area contributed by atoms with Gasteiger partial charge in [0.15, 0.2) is 0 Å². The van der Waals surface area contributed by atoms with Crippen molar-refractivity contribution in [2.24, 2.45) is 0 Å². The first-order chi connectivity index (χ1) is 2.27. The van der Waals surface area contributed by atoms with Gasteiger partial charge < -0.3 is 5.11 Å². The first-order valence-corrected chi connectivity index (χ1v) is 1.58. The minimum absolute atomic E-state index is 0. The number of carboxylic acid groups (broad SMARTS) is 1. The number of rotatable bonds is 1. The Balaban J connectivity index is 0. The summed E-state index contributed by atoms with van der Waals surface area (Å²) in [6, 6.07) is 0. The Morgan fingerprint density at radius 2 is 2.00 bits per heavy atom. The Hall–Kier alpha value is 0.500. The van der Waals surface area contributed by atoms with E-state index in [0.717, 1.165) is 0 Å². The molecule has 0 aliphatic carbocycles. The summed E-state index contributed by atoms with van der Waals surface area (Å²) >= 11 is 4.74. The largest absolute Gasteiger partial charge is 0.480 e. The fourth-order valence-electron chi connectivity index (χ4n) is 0. The van der Waals surface area contributed by atoms with Crippen LogP contribution in [0.25, 0.3) is 0 Å². The minimum atomic E-state index is -0.980. The van der Waals surface area contributed by atoms with Gasteiger partial charge in [-0.15, -0.1) is 11.6 Å². The maximum absolute atomic E-state index is 9.24. The maximum atomic E-state index is 9.24. The van der Waals surface area contributed by atoms with E-state index in [1.54, 1.807) is 0 Å². The molecule has 0 aromatic carbocycles. The van der Waals surface area contributed by atoms with Gasteiger partial charge in [-0.2, -0.15) is 0 Å². The van der Waals surface area contributed by atoms with Crippen LogP contribution in [0.1, 0.15) is 0 Å². The number of halogens is 1. The van der Waals surface area contributed by atoms with Crippen molar-refractivity contribution in [3.05, 3.63) is 0 Å². The zero-order chi connectivity index (χ0) is 4.28. The van der Waals surface area contributed by atoms with Crippen LogP contribution in [0.5, 0.6) is 0 Å². The third kappa shape index (κ3) is 8.82. The first kappa shape index (κ1) is 9.71. The van der Waals surface area contributed by atoms with Gasteiger partial charge in [-0.25, -0.2) is 0 Å². The predicted octanol–water partition coefficient (Wildman–Crippen LogP) is 0.307. The van der Waals surface area contributed by atoms with Crippen molar-refractivity contribution in [1.29, 1.82) is 0 Å². The number of aliphatic carboxylic acids is 1. The average molecular weight is 202 g/mol. The third-order valence-corrected chi connectivity index (χ3v) is 0.343. The molecule has 0 rings (SSSR count). The average Bonchev–Trinajstić information content (AvgIpc) is 1.38. The van der Waals surface area contributed by atoms with Crippen LogP contribution in [0.2, 0.25) is 0 Å². The summed E-state index contributed by atoms with van der Waals surface area (Å²) in [5.41, 5.74) is 0. The van der Waals surface area contributed by atoms with Crippen LogP contribution < -0.4 is 0 Å². The van der Waals surface area contributed by atoms with Crippen LogP contribution in [-0.4, -0.2) is 17.0 Å². The van der Waals surface area contributed by atoms with Gasteiger partial charge in [0.2, 0.25) is 0 Å². The SMILES string of the molecule is O=C(O)CCl.[Ag]. The van der Waals surface area contributed by atoms with E-state index in [9.17, 15) is 4.79 Å². The molecule has 0 atom stereocenters. The molecule has 0 amide bonds. The van der Waals surface area contributed by atoms with Gasteiger partial charge >= 0.3 is 5.97 Å². The monoisotopic (exact) mass is 201 g/mol. The van der Waals surface area contributed by atoms with E-state index in [4.69, 9.17) is 16.7 Å². The van der Waals surface area contributed by atoms with E-state index in [-0.39, 0.29) is 28.3 Å². The van der Waals surface area contributed by atoms with Gasteiger partial charge in [-0.05, 0) is 0 Å². The molecule has 0 fully saturated rings. The fourth-order valence-corrected chi connectivity index (χ4v) is 0. The Kier molecular flexibility index (Phi) is 8.90. The second-order valence-electron chi connectivity index (χ2n) is 0.527. The van der Waals surface area contributed by atoms with Gasteiger partial charge in [-0.3, -0.25) is 4.79 Å². The molecule has 0 aromatic rings. The molecule has 0 saturated carbocycles. The van der Waals surface area contributed by atoms with E-state index in [1.807, 2.05) is 0 Å². The normalized spacial score (nSPS) is 6.17. The Labute approximate surface area is 56.0 Å². The standard InChI is InChI=1S/C2H3ClO2.Ag/c3-1-2(4)5;/h1H2,(H,4,5);. The van der Waals surface area contributed by atoms with Crippen LogP contribution >= 0.6 is 11.6 Å². The van der Waals surface area contributed by atoms with E-state index in [2.05, 4.69) is 0 Å². The van der Waals surface area contributed by atoms with Crippen molar-refractivity contribution in [3.63, 3.8) is 0 Å². The number of carboxylic acids is 1. The summed E-state index contributed by atoms with van der Waals surface area (Å²) in [7, 11) is 0. The number of alkyl halides is 1. The quantitative estimate of drug-likeness (QED) is 0.491. The molecule has 0 spiro atoms. The number of hydrogen-bond donors (Lipinski definition) is 1. The van der Waals surface area contributed by atoms with Gasteiger partial charge in [0, 0.05) is 22.4 Å². The van der Waals surface area contributed by atoms with Crippen molar-refractivity contribution in [2.45, 2.75) is 0 Å². The second kappa shape index (κ2) is 5.50. The van der Waals surface area contributed by atoms with E-state index in [0.29, 0.717) is 0 Å². The van der Waals surface area contributed by atoms with Gasteiger partial charge in [-0.1, -0.05) is 0 Å². The van der Waals surface area contributed by atoms with Gasteiger partial charge in [0.25, 0.3) is 0 Å². The summed E-state index contributed by atoms with van der Waals surface area (Å²) in [6.07, 6.45) is 0. The smallest absolute Gasteiger partial charge is 0.318 e. The molecule has 0 aromatic heterocycles. The van der Waals surface area contributed by atoms with E-state index < -0.39 is 5.97 Å². The van der Waals surface area contributed by atoms with Crippen molar-refractivity contribution < 1.29 is 32.3 Å². The summed E-state index contributed by atoms with van der Waals surface area (Å²) in [5, 5.41) is 7.59. The maximum Gasteiger partial charge on any atom is 0.318 e. The van der Waals surface area contributed by atoms with Crippen molar-refractivity contribution in [1.82, 2.24) is 0 Å². The van der Waals surface area contributed by atoms with Crippen LogP contribution in [0.15, 0.2) is 0 Å². The van der Waals surface area contributed by atoms with E-state index in [1.165, 1.54) is 0 Å². The summed E-state index contributed by atoms with van der Waals surface area (Å²) in [5.74, 6) is -1.29. The summed E-state index contributed by atoms with van der Waals surface area (Å²) < 4.78 is 0. The molecule has 4 heteroatoms. The molecule has 0 saturated heterocycles. The van der Waals surface area contributed by atoms with Crippen molar-refractivity contribution >= 4 is 17.6 Å². The molecule has 0 aliphatic heterocycles. The molecule has 1 N–H and O–H groups in total. The third-order valence-electron chi connectivity index (χ3n) is 0.114. The molecule has 6 heavy (non-hydrogen) atoms. The Morgan fingerprint density at radius 3 is 2.00 bits per heavy atom. The van der Waals surface area contributed by atoms with Crippen LogP contribution in [0.4, 0.5) is 0 Å². The molecule has 1 radical (unpaired) electrons. The molecule has 2 nitrogen and oxygen atoms in total. The fraction of sp³-hybridized carbons (Fsp3) is 0.500. The zero-order valence-electron chi connectivity index (χ0n) is 2.74. The predicted molar refractivity (Wildman–Crippen MR) is 18.4 cm³/mol. The number of carbonyl (C=O) groups is 1. The van der Waals surface area contributed by atoms with Gasteiger partial charge in [0.05, 0.1) is 0 Å². The van der Waals surface area contributed by atoms with Gasteiger partial charge in [0.1, 0.15) is 5.88 Å². The Bertz CT molecular complexity index is 46.8. The summed E-state index contributed by atoms with van der Waals surface area (Å²) in [4.78, 5) is 9.24. The topological polar surface area (TPSA) is 37.3 Å². The molecule has 0 aliphatic rings. The zero-order valence-corrected chi connectivity index (χ0v) is 4.98. The first-order valence-electron chi connectivity index (χ1n) is 1.05. The van der Waals surface area contributed by atoms with E-state index >= 15 is 0 Å². The molecule has 0 bridgehead atoms. The molecular weight excluding hydrogens is 199 g/mol. The number of hydrogen-bond acceptors (Lipinski definition) is 1.